The second-order valence-corrected chi connectivity index (χ2v) is 3.69. The lowest BCUT2D eigenvalue weighted by Crippen LogP contribution is -2.06. The van der Waals surface area contributed by atoms with Crippen LogP contribution >= 0.6 is 0 Å². The Morgan fingerprint density at radius 1 is 1.20 bits per heavy atom. The van der Waals surface area contributed by atoms with E-state index in [0.717, 1.165) is 19.8 Å². The third-order valence-corrected chi connectivity index (χ3v) is 2.79. The van der Waals surface area contributed by atoms with Crippen molar-refractivity contribution >= 4 is 9.76 Å². The van der Waals surface area contributed by atoms with Crippen molar-refractivity contribution in [1.29, 1.82) is 0 Å². The first-order valence-electron chi connectivity index (χ1n) is 4.07. The Labute approximate surface area is 65.9 Å². The molecule has 0 radical (unpaired) electrons. The first-order valence-corrected chi connectivity index (χ1v) is 5.65. The molecule has 0 heterocycles. The summed E-state index contributed by atoms with van der Waals surface area (Å²) in [6, 6.07) is 1.30. The normalized spacial score (nSPS) is 11.4. The summed E-state index contributed by atoms with van der Waals surface area (Å²) in [6.45, 7) is 6.58. The van der Waals surface area contributed by atoms with Crippen molar-refractivity contribution in [2.75, 3.05) is 19.8 Å². The van der Waals surface area contributed by atoms with Crippen LogP contribution in [0, 0.1) is 0 Å². The van der Waals surface area contributed by atoms with Crippen LogP contribution in [0.5, 0.6) is 0 Å². The van der Waals surface area contributed by atoms with Gasteiger partial charge in [0.2, 0.25) is 0 Å². The molecule has 0 aliphatic carbocycles. The molecule has 0 bridgehead atoms. The van der Waals surface area contributed by atoms with Gasteiger partial charge in [0.05, 0.1) is 13.2 Å². The van der Waals surface area contributed by atoms with E-state index in [-0.39, 0.29) is 9.76 Å². The SMILES string of the molecule is CCC[SiH2]OCCOCC. The zero-order valence-electron chi connectivity index (χ0n) is 7.06. The summed E-state index contributed by atoms with van der Waals surface area (Å²) in [6.07, 6.45) is 1.26. The molecule has 62 valence electrons. The number of hydrogen-bond donors (Lipinski definition) is 0. The predicted molar refractivity (Wildman–Crippen MR) is 46.1 cm³/mol. The number of rotatable bonds is 7. The average molecular weight is 162 g/mol. The highest BCUT2D eigenvalue weighted by Gasteiger charge is 1.87. The fourth-order valence-electron chi connectivity index (χ4n) is 0.611. The van der Waals surface area contributed by atoms with Crippen LogP contribution in [0.3, 0.4) is 0 Å². The molecule has 0 saturated heterocycles. The predicted octanol–water partition coefficient (Wildman–Crippen LogP) is 0.952. The maximum atomic E-state index is 5.39. The van der Waals surface area contributed by atoms with Gasteiger partial charge in [0.15, 0.2) is 9.76 Å². The van der Waals surface area contributed by atoms with E-state index in [4.69, 9.17) is 9.16 Å². The second-order valence-electron chi connectivity index (χ2n) is 2.16. The molecule has 0 aliphatic rings. The van der Waals surface area contributed by atoms with Gasteiger partial charge in [-0.1, -0.05) is 13.3 Å². The van der Waals surface area contributed by atoms with E-state index in [2.05, 4.69) is 6.92 Å². The van der Waals surface area contributed by atoms with Crippen LogP contribution in [0.25, 0.3) is 0 Å². The maximum Gasteiger partial charge on any atom is 0.161 e. The van der Waals surface area contributed by atoms with Gasteiger partial charge in [-0.15, -0.1) is 0 Å². The standard InChI is InChI=1S/C7H18O2Si/c1-3-7-10-9-6-5-8-4-2/h3-7,10H2,1-2H3. The zero-order chi connectivity index (χ0) is 7.66. The van der Waals surface area contributed by atoms with E-state index >= 15 is 0 Å². The molecule has 0 amide bonds. The van der Waals surface area contributed by atoms with Crippen LogP contribution in [0.1, 0.15) is 20.3 Å². The van der Waals surface area contributed by atoms with Gasteiger partial charge >= 0.3 is 0 Å². The minimum absolute atomic E-state index is 0.197. The van der Waals surface area contributed by atoms with Gasteiger partial charge < -0.3 is 9.16 Å². The Morgan fingerprint density at radius 2 is 2.00 bits per heavy atom. The molecule has 0 aromatic heterocycles. The fraction of sp³-hybridized carbons (Fsp3) is 1.00. The summed E-state index contributed by atoms with van der Waals surface area (Å²) in [5.41, 5.74) is 0. The first kappa shape index (κ1) is 10.1. The molecule has 0 rings (SSSR count). The van der Waals surface area contributed by atoms with Crippen molar-refractivity contribution in [3.05, 3.63) is 0 Å². The van der Waals surface area contributed by atoms with E-state index in [0.29, 0.717) is 0 Å². The molecule has 0 fully saturated rings. The minimum Gasteiger partial charge on any atom is -0.422 e. The topological polar surface area (TPSA) is 18.5 Å². The van der Waals surface area contributed by atoms with Crippen molar-refractivity contribution in [1.82, 2.24) is 0 Å². The maximum absolute atomic E-state index is 5.39. The van der Waals surface area contributed by atoms with Crippen molar-refractivity contribution in [2.45, 2.75) is 26.3 Å². The van der Waals surface area contributed by atoms with Gasteiger partial charge in [0, 0.05) is 6.61 Å². The average Bonchev–Trinajstić information content (AvgIpc) is 1.97. The van der Waals surface area contributed by atoms with Crippen molar-refractivity contribution in [3.8, 4) is 0 Å². The molecule has 0 N–H and O–H groups in total. The Morgan fingerprint density at radius 3 is 2.60 bits per heavy atom. The summed E-state index contributed by atoms with van der Waals surface area (Å²) in [4.78, 5) is 0. The van der Waals surface area contributed by atoms with Gasteiger partial charge in [-0.3, -0.25) is 0 Å². The molecule has 2 nitrogen and oxygen atoms in total. The molecule has 10 heavy (non-hydrogen) atoms. The molecule has 0 unspecified atom stereocenters. The number of hydrogen-bond acceptors (Lipinski definition) is 2. The van der Waals surface area contributed by atoms with Crippen molar-refractivity contribution in [3.63, 3.8) is 0 Å². The highest BCUT2D eigenvalue weighted by Crippen LogP contribution is 1.86. The van der Waals surface area contributed by atoms with E-state index in [1.807, 2.05) is 6.92 Å². The second kappa shape index (κ2) is 9.14. The first-order chi connectivity index (χ1) is 4.91. The monoisotopic (exact) mass is 162 g/mol. The zero-order valence-corrected chi connectivity index (χ0v) is 8.47. The van der Waals surface area contributed by atoms with Crippen LogP contribution in [-0.2, 0) is 9.16 Å². The highest BCUT2D eigenvalue weighted by molar-refractivity contribution is 6.26. The lowest BCUT2D eigenvalue weighted by Gasteiger charge is -2.01. The molecule has 0 aliphatic heterocycles. The van der Waals surface area contributed by atoms with E-state index in [1.165, 1.54) is 12.5 Å². The summed E-state index contributed by atoms with van der Waals surface area (Å²) < 4.78 is 10.5. The van der Waals surface area contributed by atoms with Crippen LogP contribution in [0.2, 0.25) is 6.04 Å². The van der Waals surface area contributed by atoms with Crippen molar-refractivity contribution in [2.24, 2.45) is 0 Å². The molecule has 0 spiro atoms. The van der Waals surface area contributed by atoms with Crippen LogP contribution in [0.4, 0.5) is 0 Å². The van der Waals surface area contributed by atoms with Gasteiger partial charge in [-0.05, 0) is 13.0 Å². The minimum atomic E-state index is -0.197. The molecular weight excluding hydrogens is 144 g/mol. The van der Waals surface area contributed by atoms with Crippen LogP contribution < -0.4 is 0 Å². The summed E-state index contributed by atoms with van der Waals surface area (Å²) >= 11 is 0. The summed E-state index contributed by atoms with van der Waals surface area (Å²) in [5, 5.41) is 0. The van der Waals surface area contributed by atoms with Gasteiger partial charge in [0.1, 0.15) is 0 Å². The molecule has 0 atom stereocenters. The Bertz CT molecular complexity index is 51.6. The van der Waals surface area contributed by atoms with Gasteiger partial charge in [-0.25, -0.2) is 0 Å². The Balaban J connectivity index is 2.65. The fourth-order valence-corrected chi connectivity index (χ4v) is 1.43. The smallest absolute Gasteiger partial charge is 0.161 e. The highest BCUT2D eigenvalue weighted by atomic mass is 28.2. The third-order valence-electron chi connectivity index (χ3n) is 1.22. The molecule has 0 saturated carbocycles. The summed E-state index contributed by atoms with van der Waals surface area (Å²) in [7, 11) is -0.197. The lowest BCUT2D eigenvalue weighted by atomic mass is 10.6. The van der Waals surface area contributed by atoms with E-state index < -0.39 is 0 Å². The lowest BCUT2D eigenvalue weighted by molar-refractivity contribution is 0.112. The van der Waals surface area contributed by atoms with E-state index in [9.17, 15) is 0 Å². The Hall–Kier alpha value is 0.137. The molecule has 0 aromatic carbocycles. The van der Waals surface area contributed by atoms with Crippen LogP contribution in [0.15, 0.2) is 0 Å². The van der Waals surface area contributed by atoms with Crippen LogP contribution in [-0.4, -0.2) is 29.6 Å². The van der Waals surface area contributed by atoms with Gasteiger partial charge in [-0.2, -0.15) is 0 Å². The number of ether oxygens (including phenoxy) is 1. The Kier molecular flexibility index (Phi) is 9.26. The molecule has 3 heteroatoms. The third kappa shape index (κ3) is 8.14. The van der Waals surface area contributed by atoms with Crippen molar-refractivity contribution < 1.29 is 9.16 Å². The largest absolute Gasteiger partial charge is 0.422 e. The molecular formula is C7H18O2Si. The summed E-state index contributed by atoms with van der Waals surface area (Å²) in [5.74, 6) is 0. The molecule has 0 aromatic rings. The quantitative estimate of drug-likeness (QED) is 0.410. The van der Waals surface area contributed by atoms with Gasteiger partial charge in [0.25, 0.3) is 0 Å². The van der Waals surface area contributed by atoms with E-state index in [1.54, 1.807) is 0 Å².